The van der Waals surface area contributed by atoms with Gasteiger partial charge in [-0.05, 0) is 24.4 Å². The van der Waals surface area contributed by atoms with Gasteiger partial charge in [-0.25, -0.2) is 4.79 Å². The Morgan fingerprint density at radius 1 is 1.22 bits per heavy atom. The molecule has 2 unspecified atom stereocenters. The molecule has 0 bridgehead atoms. The third-order valence-corrected chi connectivity index (χ3v) is 4.75. The summed E-state index contributed by atoms with van der Waals surface area (Å²) in [4.78, 5) is 12.5. The van der Waals surface area contributed by atoms with Crippen molar-refractivity contribution in [2.45, 2.75) is 38.7 Å². The number of methoxy groups -OCH3 is 1. The summed E-state index contributed by atoms with van der Waals surface area (Å²) in [6.07, 6.45) is -0.719. The first-order chi connectivity index (χ1) is 11.1. The van der Waals surface area contributed by atoms with Crippen LogP contribution in [0.2, 0.25) is 0 Å². The standard InChI is InChI=1S/C18H27NO4/c1-12-13(2)16(19-3)17(23-15(12)11-21-4)18(20)22-10-14-8-6-5-7-9-14/h5-9,12-13,15-17,19H,10-11H2,1-4H3/t12-,13-,15?,16?,17+/m0/s1. The number of nitrogens with one attached hydrogen (secondary N) is 1. The Hall–Kier alpha value is -1.43. The van der Waals surface area contributed by atoms with Gasteiger partial charge in [0.25, 0.3) is 0 Å². The van der Waals surface area contributed by atoms with Gasteiger partial charge in [0, 0.05) is 13.2 Å². The molecule has 2 rings (SSSR count). The fourth-order valence-electron chi connectivity index (χ4n) is 3.12. The van der Waals surface area contributed by atoms with Gasteiger partial charge in [0.15, 0.2) is 6.10 Å². The number of benzene rings is 1. The molecule has 128 valence electrons. The van der Waals surface area contributed by atoms with Crippen LogP contribution in [0.1, 0.15) is 19.4 Å². The van der Waals surface area contributed by atoms with Crippen LogP contribution in [0, 0.1) is 11.8 Å². The number of esters is 1. The van der Waals surface area contributed by atoms with Crippen LogP contribution < -0.4 is 5.32 Å². The maximum absolute atomic E-state index is 12.5. The second-order valence-corrected chi connectivity index (χ2v) is 6.18. The largest absolute Gasteiger partial charge is 0.459 e. The third-order valence-electron chi connectivity index (χ3n) is 4.75. The van der Waals surface area contributed by atoms with Crippen molar-refractivity contribution in [2.24, 2.45) is 11.8 Å². The maximum Gasteiger partial charge on any atom is 0.337 e. The number of ether oxygens (including phenoxy) is 3. The molecule has 0 saturated carbocycles. The quantitative estimate of drug-likeness (QED) is 0.812. The lowest BCUT2D eigenvalue weighted by molar-refractivity contribution is -0.185. The third kappa shape index (κ3) is 4.31. The van der Waals surface area contributed by atoms with E-state index in [9.17, 15) is 4.79 Å². The van der Waals surface area contributed by atoms with Crippen molar-refractivity contribution in [1.82, 2.24) is 5.32 Å². The van der Waals surface area contributed by atoms with E-state index in [0.29, 0.717) is 12.5 Å². The zero-order chi connectivity index (χ0) is 16.8. The van der Waals surface area contributed by atoms with Crippen LogP contribution in [-0.2, 0) is 25.6 Å². The summed E-state index contributed by atoms with van der Waals surface area (Å²) >= 11 is 0. The van der Waals surface area contributed by atoms with Crippen LogP contribution >= 0.6 is 0 Å². The Kier molecular flexibility index (Phi) is 6.57. The zero-order valence-electron chi connectivity index (χ0n) is 14.3. The number of likely N-dealkylation sites (N-methyl/N-ethyl adjacent to an activating group) is 1. The number of hydrogen-bond donors (Lipinski definition) is 1. The highest BCUT2D eigenvalue weighted by Gasteiger charge is 2.44. The van der Waals surface area contributed by atoms with E-state index in [1.807, 2.05) is 37.4 Å². The fraction of sp³-hybridized carbons (Fsp3) is 0.611. The van der Waals surface area contributed by atoms with Gasteiger partial charge < -0.3 is 19.5 Å². The molecule has 1 fully saturated rings. The highest BCUT2D eigenvalue weighted by Crippen LogP contribution is 2.31. The van der Waals surface area contributed by atoms with Crippen LogP contribution in [0.3, 0.4) is 0 Å². The topological polar surface area (TPSA) is 56.8 Å². The van der Waals surface area contributed by atoms with Crippen molar-refractivity contribution >= 4 is 5.97 Å². The lowest BCUT2D eigenvalue weighted by Crippen LogP contribution is -2.58. The Morgan fingerprint density at radius 2 is 1.91 bits per heavy atom. The van der Waals surface area contributed by atoms with E-state index < -0.39 is 6.10 Å². The molecule has 0 radical (unpaired) electrons. The van der Waals surface area contributed by atoms with Crippen molar-refractivity contribution in [3.63, 3.8) is 0 Å². The molecule has 1 aliphatic rings. The van der Waals surface area contributed by atoms with Crippen LogP contribution in [0.15, 0.2) is 30.3 Å². The van der Waals surface area contributed by atoms with Crippen LogP contribution in [0.4, 0.5) is 0 Å². The molecule has 1 N–H and O–H groups in total. The van der Waals surface area contributed by atoms with Crippen LogP contribution in [0.5, 0.6) is 0 Å². The number of rotatable bonds is 6. The van der Waals surface area contributed by atoms with Gasteiger partial charge in [0.05, 0.1) is 12.7 Å². The minimum absolute atomic E-state index is 0.0682. The summed E-state index contributed by atoms with van der Waals surface area (Å²) in [5, 5.41) is 3.21. The smallest absolute Gasteiger partial charge is 0.337 e. The Balaban J connectivity index is 2.03. The van der Waals surface area contributed by atoms with Crippen molar-refractivity contribution in [2.75, 3.05) is 20.8 Å². The Labute approximate surface area is 138 Å². The highest BCUT2D eigenvalue weighted by atomic mass is 16.6. The van der Waals surface area contributed by atoms with Crippen LogP contribution in [-0.4, -0.2) is 45.0 Å². The molecule has 5 nitrogen and oxygen atoms in total. The summed E-state index contributed by atoms with van der Waals surface area (Å²) in [7, 11) is 3.50. The molecule has 1 aliphatic heterocycles. The van der Waals surface area contributed by atoms with E-state index in [0.717, 1.165) is 5.56 Å². The Bertz CT molecular complexity index is 491. The van der Waals surface area contributed by atoms with Crippen molar-refractivity contribution in [1.29, 1.82) is 0 Å². The van der Waals surface area contributed by atoms with Crippen molar-refractivity contribution < 1.29 is 19.0 Å². The highest BCUT2D eigenvalue weighted by molar-refractivity contribution is 5.76. The predicted octanol–water partition coefficient (Wildman–Crippen LogP) is 2.00. The molecule has 1 aromatic carbocycles. The van der Waals surface area contributed by atoms with E-state index in [-0.39, 0.29) is 30.6 Å². The van der Waals surface area contributed by atoms with Gasteiger partial charge in [0.2, 0.25) is 0 Å². The summed E-state index contributed by atoms with van der Waals surface area (Å²) < 4.78 is 16.7. The van der Waals surface area contributed by atoms with Crippen molar-refractivity contribution in [3.05, 3.63) is 35.9 Å². The number of hydrogen-bond acceptors (Lipinski definition) is 5. The first kappa shape index (κ1) is 17.9. The van der Waals surface area contributed by atoms with E-state index >= 15 is 0 Å². The first-order valence-electron chi connectivity index (χ1n) is 8.10. The molecule has 0 amide bonds. The van der Waals surface area contributed by atoms with Gasteiger partial charge in [-0.1, -0.05) is 44.2 Å². The van der Waals surface area contributed by atoms with Gasteiger partial charge in [-0.2, -0.15) is 0 Å². The molecule has 23 heavy (non-hydrogen) atoms. The molecule has 0 aromatic heterocycles. The molecule has 0 aliphatic carbocycles. The van der Waals surface area contributed by atoms with Gasteiger partial charge >= 0.3 is 5.97 Å². The number of carbonyl (C=O) groups excluding carboxylic acids is 1. The molecule has 1 saturated heterocycles. The summed E-state index contributed by atoms with van der Waals surface area (Å²) in [5.41, 5.74) is 0.965. The minimum atomic E-state index is -0.616. The predicted molar refractivity (Wildman–Crippen MR) is 88.0 cm³/mol. The normalized spacial score (nSPS) is 30.9. The van der Waals surface area contributed by atoms with E-state index in [2.05, 4.69) is 19.2 Å². The van der Waals surface area contributed by atoms with E-state index in [1.165, 1.54) is 0 Å². The molecule has 0 spiro atoms. The average Bonchev–Trinajstić information content (AvgIpc) is 2.57. The monoisotopic (exact) mass is 321 g/mol. The van der Waals surface area contributed by atoms with Gasteiger partial charge in [-0.3, -0.25) is 0 Å². The molecular weight excluding hydrogens is 294 g/mol. The van der Waals surface area contributed by atoms with E-state index in [1.54, 1.807) is 7.11 Å². The van der Waals surface area contributed by atoms with Crippen molar-refractivity contribution in [3.8, 4) is 0 Å². The van der Waals surface area contributed by atoms with Gasteiger partial charge in [-0.15, -0.1) is 0 Å². The average molecular weight is 321 g/mol. The summed E-state index contributed by atoms with van der Waals surface area (Å²) in [5.74, 6) is 0.252. The molecule has 5 heteroatoms. The maximum atomic E-state index is 12.5. The molecular formula is C18H27NO4. The van der Waals surface area contributed by atoms with E-state index in [4.69, 9.17) is 14.2 Å². The SMILES string of the molecule is CNC1[C@@H](C)[C@H](C)C(COC)O[C@H]1C(=O)OCc1ccccc1. The first-order valence-corrected chi connectivity index (χ1v) is 8.10. The molecule has 5 atom stereocenters. The lowest BCUT2D eigenvalue weighted by Gasteiger charge is -2.43. The molecule has 1 aromatic rings. The number of carbonyl (C=O) groups is 1. The Morgan fingerprint density at radius 3 is 2.52 bits per heavy atom. The lowest BCUT2D eigenvalue weighted by atomic mass is 9.80. The minimum Gasteiger partial charge on any atom is -0.459 e. The van der Waals surface area contributed by atoms with Gasteiger partial charge in [0.1, 0.15) is 6.61 Å². The summed E-state index contributed by atoms with van der Waals surface area (Å²) in [6.45, 7) is 5.00. The second-order valence-electron chi connectivity index (χ2n) is 6.18. The fourth-order valence-corrected chi connectivity index (χ4v) is 3.12. The zero-order valence-corrected chi connectivity index (χ0v) is 14.3. The summed E-state index contributed by atoms with van der Waals surface area (Å²) in [6, 6.07) is 9.59. The van der Waals surface area contributed by atoms with Crippen LogP contribution in [0.25, 0.3) is 0 Å². The molecule has 1 heterocycles. The second kappa shape index (κ2) is 8.43.